The highest BCUT2D eigenvalue weighted by Crippen LogP contribution is 2.34. The molecule has 0 aromatic heterocycles. The molecule has 0 aliphatic rings. The summed E-state index contributed by atoms with van der Waals surface area (Å²) in [6.45, 7) is 2.07. The number of para-hydroxylation sites is 1. The molecule has 6 heteroatoms. The van der Waals surface area contributed by atoms with Gasteiger partial charge in [0, 0.05) is 11.7 Å². The monoisotopic (exact) mass is 466 g/mol. The first kappa shape index (κ1) is 22.5. The predicted molar refractivity (Wildman–Crippen MR) is 136 cm³/mol. The smallest absolute Gasteiger partial charge is 0.271 e. The normalized spacial score (nSPS) is 13.1. The number of nitrogens with one attached hydrogen (secondary N) is 2. The highest BCUT2D eigenvalue weighted by molar-refractivity contribution is 5.86. The molecule has 0 spiro atoms. The molecule has 0 heterocycles. The summed E-state index contributed by atoms with van der Waals surface area (Å²) in [7, 11) is 0. The number of halogens is 1. The van der Waals surface area contributed by atoms with Crippen molar-refractivity contribution in [2.45, 2.75) is 19.0 Å². The zero-order valence-corrected chi connectivity index (χ0v) is 19.0. The van der Waals surface area contributed by atoms with E-state index in [0.717, 1.165) is 27.5 Å². The third-order valence-corrected chi connectivity index (χ3v) is 6.33. The summed E-state index contributed by atoms with van der Waals surface area (Å²) < 4.78 is 13.7. The molecular formula is C29H23FN2O3. The van der Waals surface area contributed by atoms with Crippen LogP contribution in [0.25, 0.3) is 10.8 Å². The lowest BCUT2D eigenvalue weighted by atomic mass is 9.93. The Bertz CT molecular complexity index is 1580. The fourth-order valence-corrected chi connectivity index (χ4v) is 4.48. The van der Waals surface area contributed by atoms with Gasteiger partial charge in [-0.05, 0) is 52.6 Å². The quantitative estimate of drug-likeness (QED) is 0.278. The lowest BCUT2D eigenvalue weighted by Gasteiger charge is -2.27. The molecule has 0 aliphatic carbocycles. The molecule has 3 N–H and O–H groups in total. The Morgan fingerprint density at radius 3 is 2.20 bits per heavy atom. The molecule has 0 radical (unpaired) electrons. The number of benzene rings is 4. The molecule has 0 fully saturated rings. The van der Waals surface area contributed by atoms with Crippen molar-refractivity contribution in [1.29, 1.82) is 0 Å². The molecule has 5 aromatic carbocycles. The van der Waals surface area contributed by atoms with E-state index in [1.54, 1.807) is 24.3 Å². The van der Waals surface area contributed by atoms with E-state index >= 15 is 0 Å². The minimum Gasteiger partial charge on any atom is -0.502 e. The van der Waals surface area contributed by atoms with Gasteiger partial charge < -0.3 is 10.4 Å². The average Bonchev–Trinajstić information content (AvgIpc) is 2.90. The fourth-order valence-electron chi connectivity index (χ4n) is 4.48. The van der Waals surface area contributed by atoms with Crippen LogP contribution in [0.4, 0.5) is 15.8 Å². The Hall–Kier alpha value is -4.29. The number of hydrogen-bond acceptors (Lipinski definition) is 5. The Labute approximate surface area is 201 Å². The van der Waals surface area contributed by atoms with E-state index in [1.807, 2.05) is 30.3 Å². The molecule has 2 unspecified atom stereocenters. The third kappa shape index (κ3) is 4.20. The topological polar surface area (TPSA) is 78.4 Å². The van der Waals surface area contributed by atoms with Crippen LogP contribution in [0, 0.1) is 5.82 Å². The van der Waals surface area contributed by atoms with Crippen molar-refractivity contribution in [2.75, 3.05) is 5.32 Å². The van der Waals surface area contributed by atoms with Crippen LogP contribution in [0.15, 0.2) is 101 Å². The van der Waals surface area contributed by atoms with Gasteiger partial charge >= 0.3 is 0 Å². The van der Waals surface area contributed by atoms with Gasteiger partial charge in [-0.15, -0.1) is 0 Å². The Balaban J connectivity index is 1.57. The van der Waals surface area contributed by atoms with Gasteiger partial charge in [0.25, 0.3) is 10.9 Å². The molecule has 0 bridgehead atoms. The summed E-state index contributed by atoms with van der Waals surface area (Å²) in [6, 6.07) is 27.4. The SMILES string of the molecule is CC(NC(c1ccc(F)cc1)c1ccccc1Nc1c(O)c(=O)c1=O)c1cccc2ccccc12. The van der Waals surface area contributed by atoms with Gasteiger partial charge in [-0.25, -0.2) is 4.39 Å². The van der Waals surface area contributed by atoms with Gasteiger partial charge in [0.1, 0.15) is 11.5 Å². The summed E-state index contributed by atoms with van der Waals surface area (Å²) >= 11 is 0. The molecule has 0 saturated carbocycles. The number of aromatic hydroxyl groups is 1. The molecule has 5 aromatic rings. The zero-order valence-electron chi connectivity index (χ0n) is 19.0. The van der Waals surface area contributed by atoms with Crippen LogP contribution < -0.4 is 21.5 Å². The maximum Gasteiger partial charge on any atom is 0.271 e. The molecule has 2 atom stereocenters. The lowest BCUT2D eigenvalue weighted by molar-refractivity contribution is 0.466. The summed E-state index contributed by atoms with van der Waals surface area (Å²) in [5.74, 6) is -0.908. The minimum atomic E-state index is -0.900. The Kier molecular flexibility index (Phi) is 5.89. The fraction of sp³-hybridized carbons (Fsp3) is 0.103. The number of anilines is 2. The zero-order chi connectivity index (χ0) is 24.5. The first-order chi connectivity index (χ1) is 16.9. The highest BCUT2D eigenvalue weighted by Gasteiger charge is 2.25. The molecule has 0 saturated heterocycles. The predicted octanol–water partition coefficient (Wildman–Crippen LogP) is 5.46. The van der Waals surface area contributed by atoms with Crippen molar-refractivity contribution in [3.05, 3.63) is 134 Å². The van der Waals surface area contributed by atoms with Gasteiger partial charge in [0.15, 0.2) is 5.75 Å². The van der Waals surface area contributed by atoms with Crippen LogP contribution in [0.3, 0.4) is 0 Å². The van der Waals surface area contributed by atoms with Crippen LogP contribution in [0.1, 0.15) is 35.7 Å². The molecule has 35 heavy (non-hydrogen) atoms. The molecule has 5 rings (SSSR count). The van der Waals surface area contributed by atoms with Crippen LogP contribution in [0.5, 0.6) is 5.75 Å². The van der Waals surface area contributed by atoms with E-state index in [4.69, 9.17) is 0 Å². The molecule has 0 amide bonds. The standard InChI is InChI=1S/C29H23FN2O3/c1-17(21-11-6-8-18-7-2-3-9-22(18)21)31-25(19-13-15-20(30)16-14-19)23-10-4-5-12-24(23)32-26-27(33)29(35)28(26)34/h2-17,25,31-33H,1H3. The van der Waals surface area contributed by atoms with Crippen LogP contribution >= 0.6 is 0 Å². The van der Waals surface area contributed by atoms with Crippen molar-refractivity contribution in [3.8, 4) is 5.75 Å². The second-order valence-corrected chi connectivity index (χ2v) is 8.54. The van der Waals surface area contributed by atoms with E-state index in [0.29, 0.717) is 5.69 Å². The molecule has 0 aliphatic heterocycles. The van der Waals surface area contributed by atoms with Crippen LogP contribution in [0.2, 0.25) is 0 Å². The maximum atomic E-state index is 13.7. The third-order valence-electron chi connectivity index (χ3n) is 6.33. The van der Waals surface area contributed by atoms with Crippen molar-refractivity contribution in [3.63, 3.8) is 0 Å². The van der Waals surface area contributed by atoms with E-state index < -0.39 is 16.6 Å². The first-order valence-electron chi connectivity index (χ1n) is 11.3. The molecule has 174 valence electrons. The summed E-state index contributed by atoms with van der Waals surface area (Å²) in [5, 5.41) is 18.7. The van der Waals surface area contributed by atoms with Gasteiger partial charge in [0.2, 0.25) is 0 Å². The maximum absolute atomic E-state index is 13.7. The number of fused-ring (bicyclic) bond motifs is 1. The van der Waals surface area contributed by atoms with Gasteiger partial charge in [-0.2, -0.15) is 0 Å². The molecule has 5 nitrogen and oxygen atoms in total. The minimum absolute atomic E-state index is 0.0938. The summed E-state index contributed by atoms with van der Waals surface area (Å²) in [6.07, 6.45) is 0. The van der Waals surface area contributed by atoms with E-state index in [1.165, 1.54) is 12.1 Å². The van der Waals surface area contributed by atoms with E-state index in [9.17, 15) is 19.1 Å². The lowest BCUT2D eigenvalue weighted by Crippen LogP contribution is -2.33. The van der Waals surface area contributed by atoms with E-state index in [-0.39, 0.29) is 23.6 Å². The Morgan fingerprint density at radius 1 is 0.771 bits per heavy atom. The first-order valence-corrected chi connectivity index (χ1v) is 11.3. The van der Waals surface area contributed by atoms with Crippen molar-refractivity contribution >= 4 is 22.1 Å². The van der Waals surface area contributed by atoms with Gasteiger partial charge in [-0.1, -0.05) is 72.8 Å². The largest absolute Gasteiger partial charge is 0.502 e. The summed E-state index contributed by atoms with van der Waals surface area (Å²) in [5.41, 5.74) is 1.49. The second-order valence-electron chi connectivity index (χ2n) is 8.54. The van der Waals surface area contributed by atoms with Crippen molar-refractivity contribution in [1.82, 2.24) is 5.32 Å². The summed E-state index contributed by atoms with van der Waals surface area (Å²) in [4.78, 5) is 23.5. The number of hydrogen-bond donors (Lipinski definition) is 3. The van der Waals surface area contributed by atoms with Crippen LogP contribution in [-0.2, 0) is 0 Å². The second kappa shape index (κ2) is 9.16. The number of rotatable bonds is 7. The molecular weight excluding hydrogens is 443 g/mol. The average molecular weight is 467 g/mol. The Morgan fingerprint density at radius 2 is 1.43 bits per heavy atom. The van der Waals surface area contributed by atoms with Gasteiger partial charge in [-0.3, -0.25) is 14.9 Å². The van der Waals surface area contributed by atoms with Crippen molar-refractivity contribution < 1.29 is 9.50 Å². The van der Waals surface area contributed by atoms with E-state index in [2.05, 4.69) is 41.8 Å². The van der Waals surface area contributed by atoms with Gasteiger partial charge in [0.05, 0.1) is 6.04 Å². The van der Waals surface area contributed by atoms with Crippen LogP contribution in [-0.4, -0.2) is 5.11 Å². The highest BCUT2D eigenvalue weighted by atomic mass is 19.1. The van der Waals surface area contributed by atoms with Crippen molar-refractivity contribution in [2.24, 2.45) is 0 Å².